The molecule has 0 fully saturated rings. The van der Waals surface area contributed by atoms with Crippen LogP contribution in [-0.2, 0) is 11.2 Å². The predicted octanol–water partition coefficient (Wildman–Crippen LogP) is 2.58. The van der Waals surface area contributed by atoms with Gasteiger partial charge in [0.2, 0.25) is 5.91 Å². The van der Waals surface area contributed by atoms with Crippen LogP contribution in [0.5, 0.6) is 17.2 Å². The lowest BCUT2D eigenvalue weighted by atomic mass is 9.95. The van der Waals surface area contributed by atoms with Gasteiger partial charge in [0, 0.05) is 0 Å². The number of hydrogen-bond acceptors (Lipinski definition) is 4. The van der Waals surface area contributed by atoms with Crippen LogP contribution in [0.4, 0.5) is 4.39 Å². The number of methoxy groups -OCH3 is 1. The summed E-state index contributed by atoms with van der Waals surface area (Å²) < 4.78 is 29.2. The van der Waals surface area contributed by atoms with Gasteiger partial charge in [-0.1, -0.05) is 12.1 Å². The van der Waals surface area contributed by atoms with Crippen molar-refractivity contribution in [3.05, 3.63) is 53.8 Å². The molecule has 0 saturated carbocycles. The number of halogens is 1. The minimum atomic E-state index is -0.310. The third-order valence-corrected chi connectivity index (χ3v) is 4.03. The van der Waals surface area contributed by atoms with Crippen molar-refractivity contribution in [3.63, 3.8) is 0 Å². The normalized spacial score (nSPS) is 15.7. The van der Waals surface area contributed by atoms with Crippen LogP contribution < -0.4 is 19.5 Å². The molecular weight excluding hydrogens is 325 g/mol. The number of benzene rings is 2. The average Bonchev–Trinajstić information content (AvgIpc) is 2.65. The fraction of sp³-hybridized carbons (Fsp3) is 0.316. The average molecular weight is 345 g/mol. The van der Waals surface area contributed by atoms with E-state index in [1.165, 1.54) is 12.1 Å². The van der Waals surface area contributed by atoms with Crippen LogP contribution in [0, 0.1) is 11.7 Å². The van der Waals surface area contributed by atoms with Crippen molar-refractivity contribution < 1.29 is 23.4 Å². The smallest absolute Gasteiger partial charge is 0.227 e. The topological polar surface area (TPSA) is 56.8 Å². The molecule has 25 heavy (non-hydrogen) atoms. The Balaban J connectivity index is 1.46. The molecule has 1 aliphatic heterocycles. The molecule has 132 valence electrons. The number of para-hydroxylation sites is 1. The Morgan fingerprint density at radius 1 is 1.28 bits per heavy atom. The Hall–Kier alpha value is -2.76. The molecule has 1 amide bonds. The van der Waals surface area contributed by atoms with Gasteiger partial charge < -0.3 is 19.5 Å². The van der Waals surface area contributed by atoms with E-state index in [0.29, 0.717) is 43.4 Å². The van der Waals surface area contributed by atoms with Crippen LogP contribution in [0.2, 0.25) is 0 Å². The van der Waals surface area contributed by atoms with E-state index in [0.717, 1.165) is 5.56 Å². The fourth-order valence-electron chi connectivity index (χ4n) is 2.74. The highest BCUT2D eigenvalue weighted by molar-refractivity contribution is 5.79. The van der Waals surface area contributed by atoms with Gasteiger partial charge >= 0.3 is 0 Å². The molecule has 3 rings (SSSR count). The molecule has 0 bridgehead atoms. The summed E-state index contributed by atoms with van der Waals surface area (Å²) >= 11 is 0. The van der Waals surface area contributed by atoms with Crippen molar-refractivity contribution in [3.8, 4) is 17.2 Å². The lowest BCUT2D eigenvalue weighted by Crippen LogP contribution is -2.39. The molecule has 1 aliphatic rings. The van der Waals surface area contributed by atoms with E-state index in [1.54, 1.807) is 19.2 Å². The van der Waals surface area contributed by atoms with Gasteiger partial charge in [-0.3, -0.25) is 4.79 Å². The number of nitrogens with one attached hydrogen (secondary N) is 1. The van der Waals surface area contributed by atoms with Crippen LogP contribution >= 0.6 is 0 Å². The van der Waals surface area contributed by atoms with Crippen molar-refractivity contribution in [1.82, 2.24) is 5.32 Å². The molecule has 0 radical (unpaired) electrons. The number of fused-ring (bicyclic) bond motifs is 1. The van der Waals surface area contributed by atoms with Gasteiger partial charge in [0.05, 0.1) is 19.6 Å². The number of hydrogen-bond donors (Lipinski definition) is 1. The zero-order valence-corrected chi connectivity index (χ0v) is 14.0. The second-order valence-corrected chi connectivity index (χ2v) is 5.75. The van der Waals surface area contributed by atoms with Crippen LogP contribution in [0.25, 0.3) is 0 Å². The van der Waals surface area contributed by atoms with Gasteiger partial charge in [0.15, 0.2) is 11.5 Å². The lowest BCUT2D eigenvalue weighted by Gasteiger charge is -2.25. The van der Waals surface area contributed by atoms with E-state index >= 15 is 0 Å². The van der Waals surface area contributed by atoms with E-state index in [4.69, 9.17) is 14.2 Å². The van der Waals surface area contributed by atoms with E-state index in [1.807, 2.05) is 18.2 Å². The van der Waals surface area contributed by atoms with Gasteiger partial charge in [-0.05, 0) is 42.3 Å². The Morgan fingerprint density at radius 3 is 2.84 bits per heavy atom. The molecular formula is C19H20FNO4. The van der Waals surface area contributed by atoms with E-state index in [2.05, 4.69) is 5.32 Å². The van der Waals surface area contributed by atoms with Crippen molar-refractivity contribution in [2.45, 2.75) is 6.42 Å². The largest absolute Gasteiger partial charge is 0.493 e. The van der Waals surface area contributed by atoms with E-state index in [9.17, 15) is 9.18 Å². The lowest BCUT2D eigenvalue weighted by molar-refractivity contribution is -0.126. The summed E-state index contributed by atoms with van der Waals surface area (Å²) in [6.07, 6.45) is 0.608. The molecule has 1 N–H and O–H groups in total. The first-order valence-corrected chi connectivity index (χ1v) is 8.12. The molecule has 0 saturated heterocycles. The Morgan fingerprint density at radius 2 is 2.08 bits per heavy atom. The summed E-state index contributed by atoms with van der Waals surface area (Å²) in [5, 5.41) is 2.84. The third-order valence-electron chi connectivity index (χ3n) is 4.03. The van der Waals surface area contributed by atoms with Gasteiger partial charge in [-0.25, -0.2) is 4.39 Å². The zero-order valence-electron chi connectivity index (χ0n) is 14.0. The van der Waals surface area contributed by atoms with Crippen molar-refractivity contribution in [2.75, 3.05) is 26.9 Å². The minimum absolute atomic E-state index is 0.0730. The van der Waals surface area contributed by atoms with Gasteiger partial charge in [-0.2, -0.15) is 0 Å². The number of carbonyl (C=O) groups excluding carboxylic acids is 1. The number of rotatable bonds is 6. The summed E-state index contributed by atoms with van der Waals surface area (Å²) in [5.74, 6) is 1.34. The Kier molecular flexibility index (Phi) is 5.38. The van der Waals surface area contributed by atoms with E-state index in [-0.39, 0.29) is 17.6 Å². The van der Waals surface area contributed by atoms with Crippen LogP contribution in [0.15, 0.2) is 42.5 Å². The first kappa shape index (κ1) is 17.1. The standard InChI is InChI=1S/C19H20FNO4/c1-23-17-4-2-3-13-11-14(12-25-18(13)17)19(22)21-9-10-24-16-7-5-15(20)6-8-16/h2-8,14H,9-12H2,1H3,(H,21,22)/t14-/m0/s1. The molecule has 1 heterocycles. The monoisotopic (exact) mass is 345 g/mol. The summed E-state index contributed by atoms with van der Waals surface area (Å²) in [4.78, 5) is 12.3. The predicted molar refractivity (Wildman–Crippen MR) is 90.6 cm³/mol. The first-order valence-electron chi connectivity index (χ1n) is 8.12. The highest BCUT2D eigenvalue weighted by Crippen LogP contribution is 2.35. The number of amides is 1. The molecule has 2 aromatic carbocycles. The highest BCUT2D eigenvalue weighted by atomic mass is 19.1. The highest BCUT2D eigenvalue weighted by Gasteiger charge is 2.27. The molecule has 1 atom stereocenters. The number of ether oxygens (including phenoxy) is 3. The first-order chi connectivity index (χ1) is 12.2. The summed E-state index contributed by atoms with van der Waals surface area (Å²) in [7, 11) is 1.60. The van der Waals surface area contributed by atoms with E-state index < -0.39 is 0 Å². The molecule has 0 aromatic heterocycles. The van der Waals surface area contributed by atoms with Crippen LogP contribution in [0.3, 0.4) is 0 Å². The summed E-state index contributed by atoms with van der Waals surface area (Å²) in [6, 6.07) is 11.4. The maximum absolute atomic E-state index is 12.8. The van der Waals surface area contributed by atoms with Crippen molar-refractivity contribution in [1.29, 1.82) is 0 Å². The second kappa shape index (κ2) is 7.88. The van der Waals surface area contributed by atoms with Gasteiger partial charge in [-0.15, -0.1) is 0 Å². The molecule has 5 nitrogen and oxygen atoms in total. The maximum Gasteiger partial charge on any atom is 0.227 e. The third kappa shape index (κ3) is 4.21. The molecule has 0 spiro atoms. The quantitative estimate of drug-likeness (QED) is 0.818. The molecule has 0 aliphatic carbocycles. The molecule has 2 aromatic rings. The van der Waals surface area contributed by atoms with Gasteiger partial charge in [0.1, 0.15) is 24.8 Å². The number of carbonyl (C=O) groups is 1. The van der Waals surface area contributed by atoms with Crippen molar-refractivity contribution in [2.24, 2.45) is 5.92 Å². The second-order valence-electron chi connectivity index (χ2n) is 5.75. The van der Waals surface area contributed by atoms with Crippen LogP contribution in [0.1, 0.15) is 5.56 Å². The minimum Gasteiger partial charge on any atom is -0.493 e. The Labute approximate surface area is 145 Å². The zero-order chi connectivity index (χ0) is 17.6. The molecule has 6 heteroatoms. The SMILES string of the molecule is COc1cccc2c1OC[C@@H](C(=O)NCCOc1ccc(F)cc1)C2. The van der Waals surface area contributed by atoms with Gasteiger partial charge in [0.25, 0.3) is 0 Å². The van der Waals surface area contributed by atoms with Crippen LogP contribution in [-0.4, -0.2) is 32.8 Å². The summed E-state index contributed by atoms with van der Waals surface area (Å²) in [5.41, 5.74) is 0.966. The Bertz CT molecular complexity index is 733. The van der Waals surface area contributed by atoms with Crippen molar-refractivity contribution >= 4 is 5.91 Å². The molecule has 0 unspecified atom stereocenters. The maximum atomic E-state index is 12.8. The fourth-order valence-corrected chi connectivity index (χ4v) is 2.74. The summed E-state index contributed by atoms with van der Waals surface area (Å²) in [6.45, 7) is 1.01.